The van der Waals surface area contributed by atoms with Gasteiger partial charge in [0.1, 0.15) is 5.76 Å². The van der Waals surface area contributed by atoms with E-state index in [9.17, 15) is 0 Å². The first-order chi connectivity index (χ1) is 7.20. The Kier molecular flexibility index (Phi) is 3.22. The molecule has 1 heterocycles. The van der Waals surface area contributed by atoms with E-state index >= 15 is 0 Å². The van der Waals surface area contributed by atoms with Gasteiger partial charge in [-0.05, 0) is 18.1 Å². The zero-order valence-electron chi connectivity index (χ0n) is 8.47. The molecule has 0 aliphatic rings. The number of alkyl halides is 1. The third kappa shape index (κ3) is 2.30. The number of furan rings is 1. The molecule has 3 heteroatoms. The molecule has 1 unspecified atom stereocenters. The molecule has 0 saturated carbocycles. The van der Waals surface area contributed by atoms with Crippen LogP contribution in [0.3, 0.4) is 0 Å². The molecular weight excluding hydrogens is 231 g/mol. The van der Waals surface area contributed by atoms with Crippen LogP contribution >= 0.6 is 23.2 Å². The van der Waals surface area contributed by atoms with Gasteiger partial charge in [0.05, 0.1) is 5.02 Å². The summed E-state index contributed by atoms with van der Waals surface area (Å²) in [7, 11) is 0. The van der Waals surface area contributed by atoms with Crippen molar-refractivity contribution in [3.8, 4) is 0 Å². The second-order valence-electron chi connectivity index (χ2n) is 3.83. The van der Waals surface area contributed by atoms with Crippen molar-refractivity contribution in [3.05, 3.63) is 35.0 Å². The molecule has 80 valence electrons. The Hall–Kier alpha value is -0.660. The Balaban J connectivity index is 2.35. The number of rotatable bonds is 3. The number of hydrogen-bond donors (Lipinski definition) is 0. The summed E-state index contributed by atoms with van der Waals surface area (Å²) in [5.74, 6) is 2.02. The maximum Gasteiger partial charge on any atom is 0.152 e. The highest BCUT2D eigenvalue weighted by atomic mass is 35.5. The molecule has 0 spiro atoms. The van der Waals surface area contributed by atoms with E-state index in [0.717, 1.165) is 23.2 Å². The Morgan fingerprint density at radius 2 is 2.20 bits per heavy atom. The lowest BCUT2D eigenvalue weighted by atomic mass is 10.1. The quantitative estimate of drug-likeness (QED) is 0.723. The van der Waals surface area contributed by atoms with E-state index in [1.807, 2.05) is 24.3 Å². The second-order valence-corrected chi connectivity index (χ2v) is 4.55. The highest BCUT2D eigenvalue weighted by Crippen LogP contribution is 2.27. The van der Waals surface area contributed by atoms with Gasteiger partial charge in [-0.15, -0.1) is 11.6 Å². The molecule has 0 saturated heterocycles. The fourth-order valence-electron chi connectivity index (χ4n) is 1.58. The minimum atomic E-state index is 0.422. The van der Waals surface area contributed by atoms with Crippen molar-refractivity contribution in [2.75, 3.05) is 5.88 Å². The Morgan fingerprint density at radius 1 is 1.40 bits per heavy atom. The van der Waals surface area contributed by atoms with Crippen LogP contribution in [0.4, 0.5) is 0 Å². The van der Waals surface area contributed by atoms with E-state index in [4.69, 9.17) is 27.6 Å². The molecule has 0 fully saturated rings. The van der Waals surface area contributed by atoms with Crippen LogP contribution in [0.2, 0.25) is 5.02 Å². The van der Waals surface area contributed by atoms with Crippen LogP contribution in [0, 0.1) is 5.92 Å². The number of hydrogen-bond acceptors (Lipinski definition) is 1. The van der Waals surface area contributed by atoms with Gasteiger partial charge in [0, 0.05) is 17.7 Å². The third-order valence-corrected chi connectivity index (χ3v) is 3.18. The first-order valence-corrected chi connectivity index (χ1v) is 5.85. The average Bonchev–Trinajstić information content (AvgIpc) is 2.62. The largest absolute Gasteiger partial charge is 0.459 e. The summed E-state index contributed by atoms with van der Waals surface area (Å²) in [6.07, 6.45) is 0.856. The molecule has 0 radical (unpaired) electrons. The van der Waals surface area contributed by atoms with Crippen molar-refractivity contribution in [2.24, 2.45) is 5.92 Å². The molecule has 1 nitrogen and oxygen atoms in total. The molecule has 2 rings (SSSR count). The van der Waals surface area contributed by atoms with Gasteiger partial charge in [0.15, 0.2) is 5.58 Å². The molecule has 1 aromatic carbocycles. The highest BCUT2D eigenvalue weighted by Gasteiger charge is 2.09. The summed E-state index contributed by atoms with van der Waals surface area (Å²) in [6, 6.07) is 7.79. The molecule has 15 heavy (non-hydrogen) atoms. The minimum absolute atomic E-state index is 0.422. The van der Waals surface area contributed by atoms with Crippen molar-refractivity contribution in [2.45, 2.75) is 13.3 Å². The first kappa shape index (κ1) is 10.8. The minimum Gasteiger partial charge on any atom is -0.459 e. The second kappa shape index (κ2) is 4.46. The van der Waals surface area contributed by atoms with Gasteiger partial charge in [-0.2, -0.15) is 0 Å². The number of fused-ring (bicyclic) bond motifs is 1. The lowest BCUT2D eigenvalue weighted by Gasteiger charge is -2.02. The van der Waals surface area contributed by atoms with Crippen molar-refractivity contribution < 1.29 is 4.42 Å². The molecule has 0 aliphatic carbocycles. The van der Waals surface area contributed by atoms with Gasteiger partial charge in [-0.25, -0.2) is 0 Å². The van der Waals surface area contributed by atoms with Gasteiger partial charge >= 0.3 is 0 Å². The Morgan fingerprint density at radius 3 is 2.87 bits per heavy atom. The summed E-state index contributed by atoms with van der Waals surface area (Å²) >= 11 is 11.8. The summed E-state index contributed by atoms with van der Waals surface area (Å²) < 4.78 is 5.68. The Labute approximate surface area is 99.0 Å². The molecule has 1 atom stereocenters. The van der Waals surface area contributed by atoms with Crippen LogP contribution in [0.25, 0.3) is 11.0 Å². The predicted octanol–water partition coefficient (Wildman–Crippen LogP) is 4.50. The van der Waals surface area contributed by atoms with E-state index in [0.29, 0.717) is 16.8 Å². The summed E-state index contributed by atoms with van der Waals surface area (Å²) in [5.41, 5.74) is 0.774. The van der Waals surface area contributed by atoms with Crippen LogP contribution < -0.4 is 0 Å². The summed E-state index contributed by atoms with van der Waals surface area (Å²) in [4.78, 5) is 0. The van der Waals surface area contributed by atoms with E-state index in [-0.39, 0.29) is 0 Å². The first-order valence-electron chi connectivity index (χ1n) is 4.93. The van der Waals surface area contributed by atoms with Gasteiger partial charge < -0.3 is 4.42 Å². The van der Waals surface area contributed by atoms with Crippen molar-refractivity contribution >= 4 is 34.2 Å². The molecular formula is C12H12Cl2O. The number of para-hydroxylation sites is 1. The molecule has 0 N–H and O–H groups in total. The molecule has 0 amide bonds. The zero-order chi connectivity index (χ0) is 10.8. The lowest BCUT2D eigenvalue weighted by molar-refractivity contribution is 0.502. The van der Waals surface area contributed by atoms with E-state index in [2.05, 4.69) is 6.92 Å². The normalized spacial score (nSPS) is 13.3. The van der Waals surface area contributed by atoms with E-state index < -0.39 is 0 Å². The van der Waals surface area contributed by atoms with E-state index in [1.54, 1.807) is 0 Å². The Bertz CT molecular complexity index is 462. The van der Waals surface area contributed by atoms with Crippen molar-refractivity contribution in [3.63, 3.8) is 0 Å². The zero-order valence-corrected chi connectivity index (χ0v) is 9.98. The highest BCUT2D eigenvalue weighted by molar-refractivity contribution is 6.34. The fraction of sp³-hybridized carbons (Fsp3) is 0.333. The predicted molar refractivity (Wildman–Crippen MR) is 64.8 cm³/mol. The molecule has 2 aromatic rings. The monoisotopic (exact) mass is 242 g/mol. The van der Waals surface area contributed by atoms with E-state index in [1.165, 1.54) is 0 Å². The van der Waals surface area contributed by atoms with Gasteiger partial charge in [-0.3, -0.25) is 0 Å². The SMILES string of the molecule is CC(CCl)Cc1cc2cccc(Cl)c2o1. The van der Waals surface area contributed by atoms with Crippen LogP contribution in [-0.2, 0) is 6.42 Å². The maximum absolute atomic E-state index is 6.02. The lowest BCUT2D eigenvalue weighted by Crippen LogP contribution is -1.99. The molecule has 0 bridgehead atoms. The van der Waals surface area contributed by atoms with Crippen LogP contribution in [0.1, 0.15) is 12.7 Å². The smallest absolute Gasteiger partial charge is 0.152 e. The van der Waals surface area contributed by atoms with Gasteiger partial charge in [-0.1, -0.05) is 30.7 Å². The van der Waals surface area contributed by atoms with Crippen LogP contribution in [0.15, 0.2) is 28.7 Å². The van der Waals surface area contributed by atoms with Crippen LogP contribution in [0.5, 0.6) is 0 Å². The summed E-state index contributed by atoms with van der Waals surface area (Å²) in [6.45, 7) is 2.10. The molecule has 1 aromatic heterocycles. The maximum atomic E-state index is 6.02. The summed E-state index contributed by atoms with van der Waals surface area (Å²) in [5, 5.41) is 1.72. The third-order valence-electron chi connectivity index (χ3n) is 2.36. The van der Waals surface area contributed by atoms with Crippen molar-refractivity contribution in [1.82, 2.24) is 0 Å². The van der Waals surface area contributed by atoms with Gasteiger partial charge in [0.25, 0.3) is 0 Å². The number of halogens is 2. The fourth-order valence-corrected chi connectivity index (χ4v) is 1.91. The van der Waals surface area contributed by atoms with Crippen LogP contribution in [-0.4, -0.2) is 5.88 Å². The van der Waals surface area contributed by atoms with Crippen molar-refractivity contribution in [1.29, 1.82) is 0 Å². The average molecular weight is 243 g/mol. The number of benzene rings is 1. The van der Waals surface area contributed by atoms with Gasteiger partial charge in [0.2, 0.25) is 0 Å². The molecule has 0 aliphatic heterocycles. The standard InChI is InChI=1S/C12H12Cl2O/c1-8(7-13)5-10-6-9-3-2-4-11(14)12(9)15-10/h2-4,6,8H,5,7H2,1H3. The topological polar surface area (TPSA) is 13.1 Å².